The minimum absolute atomic E-state index is 0.0649. The van der Waals surface area contributed by atoms with Gasteiger partial charge in [0, 0.05) is 12.6 Å². The van der Waals surface area contributed by atoms with E-state index in [2.05, 4.69) is 5.32 Å². The largest absolute Gasteiger partial charge is 0.497 e. The van der Waals surface area contributed by atoms with Gasteiger partial charge in [0.1, 0.15) is 17.4 Å². The monoisotopic (exact) mass is 340 g/mol. The molecule has 0 bridgehead atoms. The molecule has 0 saturated heterocycles. The number of sulfonamides is 1. The predicted molar refractivity (Wildman–Crippen MR) is 82.4 cm³/mol. The second kappa shape index (κ2) is 5.69. The molecule has 1 aliphatic heterocycles. The van der Waals surface area contributed by atoms with Crippen molar-refractivity contribution in [2.24, 2.45) is 0 Å². The predicted octanol–water partition coefficient (Wildman–Crippen LogP) is 2.59. The van der Waals surface area contributed by atoms with E-state index in [-0.39, 0.29) is 6.54 Å². The molecule has 5 nitrogen and oxygen atoms in total. The van der Waals surface area contributed by atoms with Crippen LogP contribution in [0.5, 0.6) is 5.75 Å². The highest BCUT2D eigenvalue weighted by Gasteiger charge is 2.33. The first-order valence-corrected chi connectivity index (χ1v) is 8.28. The van der Waals surface area contributed by atoms with Gasteiger partial charge in [-0.15, -0.1) is 0 Å². The van der Waals surface area contributed by atoms with Gasteiger partial charge in [-0.05, 0) is 24.3 Å². The molecule has 0 amide bonds. The Morgan fingerprint density at radius 2 is 1.87 bits per heavy atom. The lowest BCUT2D eigenvalue weighted by Crippen LogP contribution is -2.39. The lowest BCUT2D eigenvalue weighted by molar-refractivity contribution is 0.415. The Kier molecular flexibility index (Phi) is 3.85. The fraction of sp³-hybridized carbons (Fsp3) is 0.200. The van der Waals surface area contributed by atoms with Crippen molar-refractivity contribution in [1.29, 1.82) is 0 Å². The molecular formula is C15H14F2N2O3S. The molecule has 0 aliphatic carbocycles. The van der Waals surface area contributed by atoms with E-state index in [4.69, 9.17) is 4.74 Å². The Hall–Kier alpha value is -2.35. The molecule has 2 aromatic rings. The summed E-state index contributed by atoms with van der Waals surface area (Å²) in [6.07, 6.45) is 0. The molecule has 0 unspecified atom stereocenters. The summed E-state index contributed by atoms with van der Waals surface area (Å²) in [7, 11) is -2.86. The minimum atomic E-state index is -4.35. The number of fused-ring (bicyclic) bond motifs is 1. The van der Waals surface area contributed by atoms with Crippen LogP contribution in [0.2, 0.25) is 0 Å². The van der Waals surface area contributed by atoms with Gasteiger partial charge in [-0.25, -0.2) is 17.2 Å². The molecular weight excluding hydrogens is 326 g/mol. The Bertz CT molecular complexity index is 836. The summed E-state index contributed by atoms with van der Waals surface area (Å²) in [6.45, 7) is 0.380. The lowest BCUT2D eigenvalue weighted by Gasteiger charge is -2.31. The van der Waals surface area contributed by atoms with Crippen molar-refractivity contribution in [3.8, 4) is 5.75 Å². The van der Waals surface area contributed by atoms with E-state index in [0.717, 1.165) is 22.5 Å². The molecule has 1 N–H and O–H groups in total. The molecule has 1 aliphatic rings. The smallest absolute Gasteiger partial charge is 0.270 e. The molecule has 0 spiro atoms. The molecule has 2 aromatic carbocycles. The summed E-state index contributed by atoms with van der Waals surface area (Å²) >= 11 is 0. The minimum Gasteiger partial charge on any atom is -0.497 e. The zero-order valence-electron chi connectivity index (χ0n) is 12.2. The molecule has 0 saturated carbocycles. The molecule has 23 heavy (non-hydrogen) atoms. The Morgan fingerprint density at radius 3 is 2.52 bits per heavy atom. The van der Waals surface area contributed by atoms with Crippen LogP contribution in [0.15, 0.2) is 41.3 Å². The Labute approximate surface area is 132 Å². The maximum absolute atomic E-state index is 13.9. The topological polar surface area (TPSA) is 58.6 Å². The van der Waals surface area contributed by atoms with Crippen molar-refractivity contribution in [3.05, 3.63) is 48.0 Å². The highest BCUT2D eigenvalue weighted by molar-refractivity contribution is 7.92. The summed E-state index contributed by atoms with van der Waals surface area (Å²) in [5, 5.41) is 3.05. The van der Waals surface area contributed by atoms with Crippen LogP contribution >= 0.6 is 0 Å². The number of nitrogens with one attached hydrogen (secondary N) is 1. The number of hydrogen-bond donors (Lipinski definition) is 1. The number of rotatable bonds is 3. The van der Waals surface area contributed by atoms with E-state index >= 15 is 0 Å². The van der Waals surface area contributed by atoms with Crippen LogP contribution in [-0.2, 0) is 10.0 Å². The van der Waals surface area contributed by atoms with E-state index in [1.165, 1.54) is 13.2 Å². The van der Waals surface area contributed by atoms with Crippen molar-refractivity contribution in [2.45, 2.75) is 4.90 Å². The molecule has 0 atom stereocenters. The standard InChI is InChI=1S/C15H14F2N2O3S/c1-22-10-5-6-14-13(9-10)18-7-8-19(14)23(20,21)15-11(16)3-2-4-12(15)17/h2-6,9,18H,7-8H2,1H3. The zero-order valence-corrected chi connectivity index (χ0v) is 13.0. The van der Waals surface area contributed by atoms with Crippen LogP contribution in [-0.4, -0.2) is 28.6 Å². The van der Waals surface area contributed by atoms with Crippen LogP contribution in [0, 0.1) is 11.6 Å². The molecule has 0 aromatic heterocycles. The van der Waals surface area contributed by atoms with Crippen molar-refractivity contribution in [3.63, 3.8) is 0 Å². The van der Waals surface area contributed by atoms with Gasteiger partial charge in [0.2, 0.25) is 0 Å². The summed E-state index contributed by atoms with van der Waals surface area (Å²) in [5.74, 6) is -1.68. The summed E-state index contributed by atoms with van der Waals surface area (Å²) in [5.41, 5.74) is 0.843. The van der Waals surface area contributed by atoms with Crippen LogP contribution in [0.3, 0.4) is 0 Å². The SMILES string of the molecule is COc1ccc2c(c1)NCCN2S(=O)(=O)c1c(F)cccc1F. The van der Waals surface area contributed by atoms with Crippen LogP contribution in [0.25, 0.3) is 0 Å². The van der Waals surface area contributed by atoms with Crippen molar-refractivity contribution >= 4 is 21.4 Å². The molecule has 1 heterocycles. The van der Waals surface area contributed by atoms with Crippen LogP contribution in [0.1, 0.15) is 0 Å². The maximum Gasteiger partial charge on any atom is 0.270 e. The summed E-state index contributed by atoms with van der Waals surface area (Å²) in [4.78, 5) is -0.941. The van der Waals surface area contributed by atoms with Crippen molar-refractivity contribution in [2.75, 3.05) is 29.8 Å². The Morgan fingerprint density at radius 1 is 1.17 bits per heavy atom. The van der Waals surface area contributed by atoms with Gasteiger partial charge in [0.15, 0.2) is 4.90 Å². The van der Waals surface area contributed by atoms with Gasteiger partial charge < -0.3 is 10.1 Å². The second-order valence-electron chi connectivity index (χ2n) is 4.94. The fourth-order valence-electron chi connectivity index (χ4n) is 2.50. The molecule has 122 valence electrons. The first-order valence-electron chi connectivity index (χ1n) is 6.84. The van der Waals surface area contributed by atoms with E-state index in [1.54, 1.807) is 12.1 Å². The van der Waals surface area contributed by atoms with Gasteiger partial charge >= 0.3 is 0 Å². The first kappa shape index (κ1) is 15.5. The maximum atomic E-state index is 13.9. The quantitative estimate of drug-likeness (QED) is 0.933. The number of anilines is 2. The average molecular weight is 340 g/mol. The van der Waals surface area contributed by atoms with Gasteiger partial charge in [-0.2, -0.15) is 0 Å². The molecule has 3 rings (SSSR count). The third-order valence-corrected chi connectivity index (χ3v) is 5.44. The van der Waals surface area contributed by atoms with Gasteiger partial charge in [0.05, 0.1) is 25.0 Å². The number of nitrogens with zero attached hydrogens (tertiary/aromatic N) is 1. The summed E-state index contributed by atoms with van der Waals surface area (Å²) < 4.78 is 59.4. The first-order chi connectivity index (χ1) is 10.9. The van der Waals surface area contributed by atoms with E-state index < -0.39 is 26.6 Å². The second-order valence-corrected chi connectivity index (χ2v) is 6.74. The van der Waals surface area contributed by atoms with Gasteiger partial charge in [0.25, 0.3) is 10.0 Å². The number of methoxy groups -OCH3 is 1. The number of ether oxygens (including phenoxy) is 1. The number of hydrogen-bond acceptors (Lipinski definition) is 4. The normalized spacial score (nSPS) is 14.1. The highest BCUT2D eigenvalue weighted by Crippen LogP contribution is 2.36. The van der Waals surface area contributed by atoms with Crippen LogP contribution < -0.4 is 14.4 Å². The number of halogens is 2. The van der Waals surface area contributed by atoms with Gasteiger partial charge in [-0.3, -0.25) is 4.31 Å². The summed E-state index contributed by atoms with van der Waals surface area (Å²) in [6, 6.07) is 7.73. The number of benzene rings is 2. The average Bonchev–Trinajstić information content (AvgIpc) is 2.53. The third kappa shape index (κ3) is 2.59. The van der Waals surface area contributed by atoms with Crippen LogP contribution in [0.4, 0.5) is 20.2 Å². The molecule has 8 heteroatoms. The van der Waals surface area contributed by atoms with E-state index in [0.29, 0.717) is 23.7 Å². The zero-order chi connectivity index (χ0) is 16.6. The van der Waals surface area contributed by atoms with Crippen molar-refractivity contribution < 1.29 is 21.9 Å². The Balaban J connectivity index is 2.13. The third-order valence-electron chi connectivity index (χ3n) is 3.57. The van der Waals surface area contributed by atoms with E-state index in [1.807, 2.05) is 0 Å². The van der Waals surface area contributed by atoms with Crippen molar-refractivity contribution in [1.82, 2.24) is 0 Å². The fourth-order valence-corrected chi connectivity index (χ4v) is 4.10. The lowest BCUT2D eigenvalue weighted by atomic mass is 10.2. The molecule has 0 radical (unpaired) electrons. The van der Waals surface area contributed by atoms with Gasteiger partial charge in [-0.1, -0.05) is 6.07 Å². The molecule has 0 fully saturated rings. The highest BCUT2D eigenvalue weighted by atomic mass is 32.2. The van der Waals surface area contributed by atoms with E-state index in [9.17, 15) is 17.2 Å².